The van der Waals surface area contributed by atoms with Crippen molar-refractivity contribution in [1.29, 1.82) is 0 Å². The Bertz CT molecular complexity index is 786. The van der Waals surface area contributed by atoms with Crippen molar-refractivity contribution >= 4 is 5.91 Å². The topological polar surface area (TPSA) is 149 Å². The average molecular weight is 744 g/mol. The first kappa shape index (κ1) is 49.2. The van der Waals surface area contributed by atoms with Crippen LogP contribution in [0.5, 0.6) is 0 Å². The second-order valence-electron chi connectivity index (χ2n) is 15.9. The lowest BCUT2D eigenvalue weighted by molar-refractivity contribution is -0.302. The molecule has 7 atom stereocenters. The van der Waals surface area contributed by atoms with Gasteiger partial charge in [-0.2, -0.15) is 0 Å². The molecule has 1 amide bonds. The van der Waals surface area contributed by atoms with E-state index in [-0.39, 0.29) is 12.5 Å². The normalized spacial score (nSPS) is 21.7. The third-order valence-corrected chi connectivity index (χ3v) is 10.9. The maximum Gasteiger partial charge on any atom is 0.220 e. The molecular weight excluding hydrogens is 658 g/mol. The lowest BCUT2D eigenvalue weighted by Crippen LogP contribution is -2.60. The first-order valence-electron chi connectivity index (χ1n) is 22.2. The first-order chi connectivity index (χ1) is 25.3. The molecule has 1 aliphatic heterocycles. The van der Waals surface area contributed by atoms with Gasteiger partial charge in [0.15, 0.2) is 6.29 Å². The summed E-state index contributed by atoms with van der Waals surface area (Å²) in [6, 6.07) is -0.708. The maximum absolute atomic E-state index is 12.3. The second kappa shape index (κ2) is 34.7. The smallest absolute Gasteiger partial charge is 0.220 e. The summed E-state index contributed by atoms with van der Waals surface area (Å²) in [5.74, 6) is -0.195. The zero-order valence-corrected chi connectivity index (χ0v) is 33.8. The standard InChI is InChI=1S/C43H85NO8/c1-3-5-6-7-8-9-10-11-12-13-14-15-16-17-18-19-20-21-22-23-24-25-26-27-28-29-30-31-33-37(46)36(44-39(47)32-4-2)35-51-43-42(50)41(49)40(48)38(34-45)52-43/h36-38,40-43,45-46,48-50H,3-35H2,1-2H3,(H,44,47). The first-order valence-corrected chi connectivity index (χ1v) is 22.2. The highest BCUT2D eigenvalue weighted by Gasteiger charge is 2.44. The van der Waals surface area contributed by atoms with Crippen molar-refractivity contribution < 1.29 is 39.8 Å². The Hall–Kier alpha value is -0.810. The Morgan fingerprint density at radius 2 is 0.962 bits per heavy atom. The number of rotatable bonds is 37. The van der Waals surface area contributed by atoms with E-state index in [0.717, 1.165) is 19.3 Å². The molecule has 0 aliphatic carbocycles. The van der Waals surface area contributed by atoms with Crippen molar-refractivity contribution in [3.05, 3.63) is 0 Å². The van der Waals surface area contributed by atoms with Crippen molar-refractivity contribution in [2.45, 2.75) is 256 Å². The van der Waals surface area contributed by atoms with Gasteiger partial charge in [-0.05, 0) is 12.8 Å². The van der Waals surface area contributed by atoms with Gasteiger partial charge in [-0.1, -0.05) is 194 Å². The molecule has 52 heavy (non-hydrogen) atoms. The van der Waals surface area contributed by atoms with Gasteiger partial charge >= 0.3 is 0 Å². The lowest BCUT2D eigenvalue weighted by atomic mass is 9.99. The van der Waals surface area contributed by atoms with E-state index in [4.69, 9.17) is 9.47 Å². The molecule has 7 unspecified atom stereocenters. The molecule has 1 fully saturated rings. The van der Waals surface area contributed by atoms with E-state index in [1.165, 1.54) is 161 Å². The number of aliphatic hydroxyl groups is 5. The van der Waals surface area contributed by atoms with Crippen molar-refractivity contribution in [3.63, 3.8) is 0 Å². The van der Waals surface area contributed by atoms with Gasteiger partial charge in [0, 0.05) is 6.42 Å². The van der Waals surface area contributed by atoms with Crippen LogP contribution in [0.15, 0.2) is 0 Å². The Kier molecular flexibility index (Phi) is 32.8. The van der Waals surface area contributed by atoms with Gasteiger partial charge in [0.2, 0.25) is 5.91 Å². The molecule has 9 heteroatoms. The molecule has 1 heterocycles. The highest BCUT2D eigenvalue weighted by Crippen LogP contribution is 2.23. The average Bonchev–Trinajstić information content (AvgIpc) is 3.14. The van der Waals surface area contributed by atoms with Crippen molar-refractivity contribution in [2.75, 3.05) is 13.2 Å². The molecule has 1 rings (SSSR count). The van der Waals surface area contributed by atoms with Crippen LogP contribution < -0.4 is 5.32 Å². The minimum absolute atomic E-state index is 0.140. The van der Waals surface area contributed by atoms with Gasteiger partial charge < -0.3 is 40.3 Å². The Morgan fingerprint density at radius 1 is 0.577 bits per heavy atom. The molecule has 0 aromatic carbocycles. The van der Waals surface area contributed by atoms with E-state index in [1.54, 1.807) is 0 Å². The van der Waals surface area contributed by atoms with Crippen LogP contribution in [-0.4, -0.2) is 87.5 Å². The number of carbonyl (C=O) groups is 1. The minimum Gasteiger partial charge on any atom is -0.394 e. The third kappa shape index (κ3) is 25.3. The fourth-order valence-corrected chi connectivity index (χ4v) is 7.38. The summed E-state index contributed by atoms with van der Waals surface area (Å²) >= 11 is 0. The van der Waals surface area contributed by atoms with Crippen LogP contribution in [0.25, 0.3) is 0 Å². The molecule has 0 spiro atoms. The van der Waals surface area contributed by atoms with Gasteiger partial charge in [0.1, 0.15) is 24.4 Å². The van der Waals surface area contributed by atoms with Gasteiger partial charge in [-0.3, -0.25) is 4.79 Å². The van der Waals surface area contributed by atoms with Crippen LogP contribution in [0.4, 0.5) is 0 Å². The van der Waals surface area contributed by atoms with E-state index < -0.39 is 49.5 Å². The van der Waals surface area contributed by atoms with Crippen molar-refractivity contribution in [2.24, 2.45) is 0 Å². The molecule has 0 saturated carbocycles. The number of aliphatic hydroxyl groups excluding tert-OH is 5. The highest BCUT2D eigenvalue weighted by atomic mass is 16.7. The van der Waals surface area contributed by atoms with Crippen LogP contribution in [0.1, 0.15) is 213 Å². The van der Waals surface area contributed by atoms with E-state index in [2.05, 4.69) is 12.2 Å². The highest BCUT2D eigenvalue weighted by molar-refractivity contribution is 5.76. The molecule has 0 aromatic rings. The van der Waals surface area contributed by atoms with E-state index in [1.807, 2.05) is 6.92 Å². The van der Waals surface area contributed by atoms with Crippen molar-refractivity contribution in [3.8, 4) is 0 Å². The van der Waals surface area contributed by atoms with Gasteiger partial charge in [-0.15, -0.1) is 0 Å². The zero-order valence-electron chi connectivity index (χ0n) is 33.8. The molecule has 0 radical (unpaired) electrons. The summed E-state index contributed by atoms with van der Waals surface area (Å²) < 4.78 is 11.1. The second-order valence-corrected chi connectivity index (χ2v) is 15.9. The fourth-order valence-electron chi connectivity index (χ4n) is 7.38. The van der Waals surface area contributed by atoms with Crippen LogP contribution >= 0.6 is 0 Å². The SMILES string of the molecule is CCCCCCCCCCCCCCCCCCCCCCCCCCCCCCC(O)C(COC1OC(CO)C(O)C(O)C1O)NC(=O)CCC. The molecule has 0 aromatic heterocycles. The number of carbonyl (C=O) groups excluding carboxylic acids is 1. The molecule has 310 valence electrons. The molecule has 1 saturated heterocycles. The lowest BCUT2D eigenvalue weighted by Gasteiger charge is -2.40. The maximum atomic E-state index is 12.3. The van der Waals surface area contributed by atoms with Gasteiger partial charge in [0.05, 0.1) is 25.4 Å². The predicted octanol–water partition coefficient (Wildman–Crippen LogP) is 8.78. The number of nitrogens with one attached hydrogen (secondary N) is 1. The van der Waals surface area contributed by atoms with Crippen LogP contribution in [0, 0.1) is 0 Å². The Labute approximate surface area is 319 Å². The number of hydrogen-bond acceptors (Lipinski definition) is 8. The number of amides is 1. The summed E-state index contributed by atoms with van der Waals surface area (Å²) in [6.07, 6.45) is 31.6. The summed E-state index contributed by atoms with van der Waals surface area (Å²) in [5, 5.41) is 53.4. The van der Waals surface area contributed by atoms with Crippen LogP contribution in [-0.2, 0) is 14.3 Å². The molecule has 9 nitrogen and oxygen atoms in total. The number of ether oxygens (including phenoxy) is 2. The van der Waals surface area contributed by atoms with Gasteiger partial charge in [-0.25, -0.2) is 0 Å². The summed E-state index contributed by atoms with van der Waals surface area (Å²) in [4.78, 5) is 12.3. The number of hydrogen-bond donors (Lipinski definition) is 6. The summed E-state index contributed by atoms with van der Waals surface area (Å²) in [6.45, 7) is 3.50. The summed E-state index contributed by atoms with van der Waals surface area (Å²) in [7, 11) is 0. The van der Waals surface area contributed by atoms with Crippen LogP contribution in [0.2, 0.25) is 0 Å². The fraction of sp³-hybridized carbons (Fsp3) is 0.977. The molecule has 6 N–H and O–H groups in total. The monoisotopic (exact) mass is 744 g/mol. The van der Waals surface area contributed by atoms with E-state index >= 15 is 0 Å². The predicted molar refractivity (Wildman–Crippen MR) is 212 cm³/mol. The molecule has 1 aliphatic rings. The summed E-state index contributed by atoms with van der Waals surface area (Å²) in [5.41, 5.74) is 0. The Morgan fingerprint density at radius 3 is 1.33 bits per heavy atom. The Balaban J connectivity index is 1.97. The van der Waals surface area contributed by atoms with Crippen molar-refractivity contribution in [1.82, 2.24) is 5.32 Å². The zero-order chi connectivity index (χ0) is 38.1. The largest absolute Gasteiger partial charge is 0.394 e. The van der Waals surface area contributed by atoms with E-state index in [0.29, 0.717) is 19.3 Å². The third-order valence-electron chi connectivity index (χ3n) is 10.9. The molecule has 0 bridgehead atoms. The quantitative estimate of drug-likeness (QED) is 0.0346. The van der Waals surface area contributed by atoms with Gasteiger partial charge in [0.25, 0.3) is 0 Å². The minimum atomic E-state index is -1.54. The van der Waals surface area contributed by atoms with E-state index in [9.17, 15) is 30.3 Å². The number of unbranched alkanes of at least 4 members (excludes halogenated alkanes) is 27. The van der Waals surface area contributed by atoms with Crippen LogP contribution in [0.3, 0.4) is 0 Å². The molecular formula is C43H85NO8.